The Labute approximate surface area is 171 Å². The van der Waals surface area contributed by atoms with E-state index >= 15 is 0 Å². The van der Waals surface area contributed by atoms with Gasteiger partial charge in [0.25, 0.3) is 11.8 Å². The number of rotatable bonds is 4. The fourth-order valence-corrected chi connectivity index (χ4v) is 3.39. The summed E-state index contributed by atoms with van der Waals surface area (Å²) >= 11 is 3.28. The van der Waals surface area contributed by atoms with Gasteiger partial charge in [0.2, 0.25) is 5.91 Å². The van der Waals surface area contributed by atoms with Crippen molar-refractivity contribution in [3.05, 3.63) is 58.6 Å². The monoisotopic (exact) mass is 463 g/mol. The molecule has 11 heteroatoms. The lowest BCUT2D eigenvalue weighted by atomic mass is 10.1. The van der Waals surface area contributed by atoms with Crippen LogP contribution in [0.1, 0.15) is 0 Å². The standard InChI is InChI=1S/C18H12BrF2N5O3/c19-9-1-4-11(5-2-9)26-17(28)15-16(18(26)29)25(24-23-15)8-14(27)22-13-6-3-10(20)7-12(13)21/h1-7,15-16H,8H2,(H,22,27)/t15-,16-/m1/s1. The molecule has 2 aromatic rings. The van der Waals surface area contributed by atoms with Crippen LogP contribution in [0.4, 0.5) is 20.2 Å². The van der Waals surface area contributed by atoms with Gasteiger partial charge in [-0.3, -0.25) is 19.4 Å². The van der Waals surface area contributed by atoms with E-state index in [2.05, 4.69) is 31.6 Å². The van der Waals surface area contributed by atoms with Gasteiger partial charge in [0.15, 0.2) is 12.1 Å². The summed E-state index contributed by atoms with van der Waals surface area (Å²) in [6, 6.07) is 7.18. The van der Waals surface area contributed by atoms with Crippen LogP contribution in [0.3, 0.4) is 0 Å². The average molecular weight is 464 g/mol. The Balaban J connectivity index is 1.49. The maximum absolute atomic E-state index is 13.7. The Hall–Kier alpha value is -3.21. The fraction of sp³-hybridized carbons (Fsp3) is 0.167. The highest BCUT2D eigenvalue weighted by Gasteiger charge is 2.55. The number of nitrogens with zero attached hydrogens (tertiary/aromatic N) is 4. The quantitative estimate of drug-likeness (QED) is 0.705. The lowest BCUT2D eigenvalue weighted by molar-refractivity contribution is -0.123. The van der Waals surface area contributed by atoms with Crippen molar-refractivity contribution >= 4 is 45.0 Å². The minimum Gasteiger partial charge on any atom is -0.322 e. The van der Waals surface area contributed by atoms with Crippen LogP contribution in [0.15, 0.2) is 57.3 Å². The highest BCUT2D eigenvalue weighted by molar-refractivity contribution is 9.10. The molecule has 2 aliphatic heterocycles. The third kappa shape index (κ3) is 3.48. The second-order valence-electron chi connectivity index (χ2n) is 6.35. The van der Waals surface area contributed by atoms with Crippen LogP contribution >= 0.6 is 15.9 Å². The lowest BCUT2D eigenvalue weighted by Crippen LogP contribution is -2.43. The molecule has 0 aliphatic carbocycles. The summed E-state index contributed by atoms with van der Waals surface area (Å²) in [5, 5.41) is 10.9. The van der Waals surface area contributed by atoms with Crippen LogP contribution in [-0.4, -0.2) is 41.4 Å². The normalized spacial score (nSPS) is 20.4. The molecule has 2 aromatic carbocycles. The van der Waals surface area contributed by atoms with Gasteiger partial charge in [-0.2, -0.15) is 5.11 Å². The molecular formula is C18H12BrF2N5O3. The Morgan fingerprint density at radius 1 is 1.10 bits per heavy atom. The van der Waals surface area contributed by atoms with E-state index < -0.39 is 48.0 Å². The van der Waals surface area contributed by atoms with Crippen molar-refractivity contribution in [3.63, 3.8) is 0 Å². The SMILES string of the molecule is O=C(CN1N=N[C@H]2C(=O)N(c3ccc(Br)cc3)C(=O)[C@@H]21)Nc1ccc(F)cc1F. The van der Waals surface area contributed by atoms with Gasteiger partial charge in [-0.25, -0.2) is 13.7 Å². The Morgan fingerprint density at radius 3 is 2.52 bits per heavy atom. The second kappa shape index (κ2) is 7.32. The lowest BCUT2D eigenvalue weighted by Gasteiger charge is -2.20. The van der Waals surface area contributed by atoms with Gasteiger partial charge in [-0.15, -0.1) is 0 Å². The molecule has 2 atom stereocenters. The van der Waals surface area contributed by atoms with Gasteiger partial charge in [0.1, 0.15) is 18.2 Å². The van der Waals surface area contributed by atoms with Gasteiger partial charge in [0, 0.05) is 10.5 Å². The molecule has 0 bridgehead atoms. The summed E-state index contributed by atoms with van der Waals surface area (Å²) in [6.45, 7) is -0.436. The second-order valence-corrected chi connectivity index (χ2v) is 7.27. The molecule has 0 saturated carbocycles. The van der Waals surface area contributed by atoms with E-state index in [-0.39, 0.29) is 5.69 Å². The van der Waals surface area contributed by atoms with Gasteiger partial charge in [-0.05, 0) is 36.4 Å². The summed E-state index contributed by atoms with van der Waals surface area (Å²) in [4.78, 5) is 38.7. The molecule has 148 valence electrons. The first-order chi connectivity index (χ1) is 13.8. The van der Waals surface area contributed by atoms with Crippen LogP contribution in [-0.2, 0) is 14.4 Å². The van der Waals surface area contributed by atoms with Crippen LogP contribution in [0.2, 0.25) is 0 Å². The number of fused-ring (bicyclic) bond motifs is 1. The molecule has 2 aliphatic rings. The molecule has 1 N–H and O–H groups in total. The first-order valence-corrected chi connectivity index (χ1v) is 9.20. The number of imide groups is 1. The summed E-state index contributed by atoms with van der Waals surface area (Å²) in [6.07, 6.45) is 0. The van der Waals surface area contributed by atoms with Crippen molar-refractivity contribution in [2.75, 3.05) is 16.8 Å². The zero-order chi connectivity index (χ0) is 20.7. The van der Waals surface area contributed by atoms with E-state index in [9.17, 15) is 23.2 Å². The van der Waals surface area contributed by atoms with E-state index in [0.29, 0.717) is 11.8 Å². The predicted octanol–water partition coefficient (Wildman–Crippen LogP) is 2.66. The molecular weight excluding hydrogens is 452 g/mol. The van der Waals surface area contributed by atoms with E-state index in [4.69, 9.17) is 0 Å². The fourth-order valence-electron chi connectivity index (χ4n) is 3.13. The highest BCUT2D eigenvalue weighted by atomic mass is 79.9. The third-order valence-corrected chi connectivity index (χ3v) is 4.98. The number of carbonyl (C=O) groups excluding carboxylic acids is 3. The molecule has 0 radical (unpaired) electrons. The van der Waals surface area contributed by atoms with Gasteiger partial charge < -0.3 is 5.32 Å². The number of halogens is 3. The van der Waals surface area contributed by atoms with Crippen LogP contribution in [0.5, 0.6) is 0 Å². The van der Waals surface area contributed by atoms with E-state index in [0.717, 1.165) is 26.5 Å². The molecule has 4 rings (SSSR count). The summed E-state index contributed by atoms with van der Waals surface area (Å²) in [7, 11) is 0. The van der Waals surface area contributed by atoms with Crippen molar-refractivity contribution in [1.82, 2.24) is 5.01 Å². The number of benzene rings is 2. The van der Waals surface area contributed by atoms with Gasteiger partial charge in [-0.1, -0.05) is 21.2 Å². The first-order valence-electron chi connectivity index (χ1n) is 8.41. The zero-order valence-corrected chi connectivity index (χ0v) is 16.1. The number of amides is 3. The van der Waals surface area contributed by atoms with Crippen molar-refractivity contribution in [2.24, 2.45) is 10.3 Å². The largest absolute Gasteiger partial charge is 0.322 e. The molecule has 1 saturated heterocycles. The molecule has 0 spiro atoms. The smallest absolute Gasteiger partial charge is 0.263 e. The van der Waals surface area contributed by atoms with Crippen molar-refractivity contribution in [3.8, 4) is 0 Å². The minimum absolute atomic E-state index is 0.214. The summed E-state index contributed by atoms with van der Waals surface area (Å²) in [5.74, 6) is -3.52. The zero-order valence-electron chi connectivity index (χ0n) is 14.6. The molecule has 3 amide bonds. The van der Waals surface area contributed by atoms with Crippen molar-refractivity contribution in [2.45, 2.75) is 12.1 Å². The molecule has 0 unspecified atom stereocenters. The molecule has 1 fully saturated rings. The molecule has 2 heterocycles. The topological polar surface area (TPSA) is 94.4 Å². The number of hydrogen-bond donors (Lipinski definition) is 1. The number of carbonyl (C=O) groups is 3. The van der Waals surface area contributed by atoms with Crippen LogP contribution < -0.4 is 10.2 Å². The van der Waals surface area contributed by atoms with Gasteiger partial charge >= 0.3 is 0 Å². The average Bonchev–Trinajstić information content (AvgIpc) is 3.19. The number of nitrogens with one attached hydrogen (secondary N) is 1. The van der Waals surface area contributed by atoms with E-state index in [1.54, 1.807) is 24.3 Å². The van der Waals surface area contributed by atoms with E-state index in [1.807, 2.05) is 0 Å². The third-order valence-electron chi connectivity index (χ3n) is 4.45. The van der Waals surface area contributed by atoms with Crippen molar-refractivity contribution < 1.29 is 23.2 Å². The minimum atomic E-state index is -1.06. The van der Waals surface area contributed by atoms with Crippen LogP contribution in [0, 0.1) is 11.6 Å². The molecule has 8 nitrogen and oxygen atoms in total. The summed E-state index contributed by atoms with van der Waals surface area (Å²) < 4.78 is 27.5. The molecule has 0 aromatic heterocycles. The number of hydrogen-bond acceptors (Lipinski definition) is 6. The Kier molecular flexibility index (Phi) is 4.82. The van der Waals surface area contributed by atoms with E-state index in [1.165, 1.54) is 0 Å². The maximum atomic E-state index is 13.7. The van der Waals surface area contributed by atoms with Crippen LogP contribution in [0.25, 0.3) is 0 Å². The Bertz CT molecular complexity index is 1050. The van der Waals surface area contributed by atoms with Crippen molar-refractivity contribution in [1.29, 1.82) is 0 Å². The highest BCUT2D eigenvalue weighted by Crippen LogP contribution is 2.32. The molecule has 29 heavy (non-hydrogen) atoms. The number of anilines is 2. The first kappa shape index (κ1) is 19.1. The predicted molar refractivity (Wildman–Crippen MR) is 101 cm³/mol. The van der Waals surface area contributed by atoms with Gasteiger partial charge in [0.05, 0.1) is 11.4 Å². The maximum Gasteiger partial charge on any atom is 0.263 e. The summed E-state index contributed by atoms with van der Waals surface area (Å²) in [5.41, 5.74) is 0.167. The Morgan fingerprint density at radius 2 is 1.83 bits per heavy atom.